The van der Waals surface area contributed by atoms with Gasteiger partial charge in [0.05, 0.1) is 6.54 Å². The number of benzene rings is 1. The zero-order valence-corrected chi connectivity index (χ0v) is 13.0. The van der Waals surface area contributed by atoms with Crippen LogP contribution >= 0.6 is 11.6 Å². The molecule has 0 saturated carbocycles. The predicted molar refractivity (Wildman–Crippen MR) is 84.1 cm³/mol. The molecule has 0 atom stereocenters. The molecule has 0 aliphatic carbocycles. The van der Waals surface area contributed by atoms with Crippen LogP contribution in [-0.2, 0) is 20.1 Å². The summed E-state index contributed by atoms with van der Waals surface area (Å²) < 4.78 is 2.04. The summed E-state index contributed by atoms with van der Waals surface area (Å²) in [5.41, 5.74) is 2.38. The van der Waals surface area contributed by atoms with Crippen LogP contribution in [0.3, 0.4) is 0 Å². The minimum atomic E-state index is 0.768. The van der Waals surface area contributed by atoms with Crippen molar-refractivity contribution in [2.45, 2.75) is 20.0 Å². The Morgan fingerprint density at radius 3 is 2.85 bits per heavy atom. The first-order chi connectivity index (χ1) is 9.61. The number of halogens is 1. The second-order valence-corrected chi connectivity index (χ2v) is 5.30. The average molecular weight is 293 g/mol. The third-order valence-corrected chi connectivity index (χ3v) is 3.55. The molecule has 0 radical (unpaired) electrons. The largest absolute Gasteiger partial charge is 0.367 e. The van der Waals surface area contributed by atoms with Crippen LogP contribution in [0.2, 0.25) is 5.02 Å². The third kappa shape index (κ3) is 3.52. The lowest BCUT2D eigenvalue weighted by Crippen LogP contribution is -2.22. The molecule has 1 heterocycles. The van der Waals surface area contributed by atoms with E-state index in [4.69, 9.17) is 11.6 Å². The molecule has 4 nitrogen and oxygen atoms in total. The summed E-state index contributed by atoms with van der Waals surface area (Å²) in [6, 6.07) is 6.02. The summed E-state index contributed by atoms with van der Waals surface area (Å²) in [5.74, 6) is 1.04. The van der Waals surface area contributed by atoms with Crippen molar-refractivity contribution in [1.82, 2.24) is 14.9 Å². The highest BCUT2D eigenvalue weighted by Gasteiger charge is 2.10. The summed E-state index contributed by atoms with van der Waals surface area (Å²) in [4.78, 5) is 6.57. The van der Waals surface area contributed by atoms with Gasteiger partial charge in [-0.2, -0.15) is 0 Å². The number of rotatable bonds is 6. The number of nitrogens with one attached hydrogen (secondary N) is 1. The molecular weight excluding hydrogens is 272 g/mol. The van der Waals surface area contributed by atoms with Crippen LogP contribution < -0.4 is 10.2 Å². The Hall–Kier alpha value is -1.52. The fourth-order valence-electron chi connectivity index (χ4n) is 2.17. The lowest BCUT2D eigenvalue weighted by Gasteiger charge is -2.22. The molecule has 1 N–H and O–H groups in total. The summed E-state index contributed by atoms with van der Waals surface area (Å²) >= 11 is 6.11. The summed E-state index contributed by atoms with van der Waals surface area (Å²) in [7, 11) is 4.09. The zero-order valence-electron chi connectivity index (χ0n) is 12.2. The van der Waals surface area contributed by atoms with E-state index in [9.17, 15) is 0 Å². The Morgan fingerprint density at radius 1 is 1.40 bits per heavy atom. The highest BCUT2D eigenvalue weighted by Crippen LogP contribution is 2.24. The van der Waals surface area contributed by atoms with E-state index in [1.807, 2.05) is 36.1 Å². The van der Waals surface area contributed by atoms with Gasteiger partial charge in [0.25, 0.3) is 0 Å². The summed E-state index contributed by atoms with van der Waals surface area (Å²) in [5, 5.41) is 4.12. The SMILES string of the molecule is CCNCc1cc(Cl)ccc1N(C)Cc1nccn1C. The van der Waals surface area contributed by atoms with Crippen LogP contribution in [0, 0.1) is 0 Å². The molecule has 0 saturated heterocycles. The maximum atomic E-state index is 6.11. The van der Waals surface area contributed by atoms with Gasteiger partial charge < -0.3 is 14.8 Å². The number of imidazole rings is 1. The van der Waals surface area contributed by atoms with Crippen LogP contribution in [0.25, 0.3) is 0 Å². The van der Waals surface area contributed by atoms with Gasteiger partial charge in [0, 0.05) is 43.7 Å². The summed E-state index contributed by atoms with van der Waals surface area (Å²) in [6.07, 6.45) is 3.79. The van der Waals surface area contributed by atoms with Gasteiger partial charge in [0.15, 0.2) is 0 Å². The molecule has 1 aromatic heterocycles. The lowest BCUT2D eigenvalue weighted by molar-refractivity contribution is 0.717. The van der Waals surface area contributed by atoms with Crippen LogP contribution in [0.1, 0.15) is 18.3 Å². The van der Waals surface area contributed by atoms with Gasteiger partial charge in [0.2, 0.25) is 0 Å². The minimum Gasteiger partial charge on any atom is -0.367 e. The number of anilines is 1. The molecule has 0 fully saturated rings. The summed E-state index contributed by atoms with van der Waals surface area (Å²) in [6.45, 7) is 4.62. The van der Waals surface area contributed by atoms with E-state index >= 15 is 0 Å². The average Bonchev–Trinajstić information content (AvgIpc) is 2.82. The first-order valence-electron chi connectivity index (χ1n) is 6.78. The standard InChI is InChI=1S/C15H21ClN4/c1-4-17-10-12-9-13(16)5-6-14(12)20(3)11-15-18-7-8-19(15)2/h5-9,17H,4,10-11H2,1-3H3. The van der Waals surface area contributed by atoms with Crippen LogP contribution in [0.4, 0.5) is 5.69 Å². The van der Waals surface area contributed by atoms with Gasteiger partial charge in [-0.1, -0.05) is 18.5 Å². The Kier molecular flexibility index (Phi) is 5.04. The molecule has 0 aliphatic rings. The zero-order chi connectivity index (χ0) is 14.5. The molecule has 0 bridgehead atoms. The Bertz CT molecular complexity index is 565. The van der Waals surface area contributed by atoms with Crippen molar-refractivity contribution in [2.24, 2.45) is 7.05 Å². The molecule has 2 rings (SSSR count). The van der Waals surface area contributed by atoms with Crippen molar-refractivity contribution >= 4 is 17.3 Å². The minimum absolute atomic E-state index is 0.768. The van der Waals surface area contributed by atoms with Crippen molar-refractivity contribution in [2.75, 3.05) is 18.5 Å². The Morgan fingerprint density at radius 2 is 2.20 bits per heavy atom. The first-order valence-corrected chi connectivity index (χ1v) is 7.16. The van der Waals surface area contributed by atoms with E-state index in [-0.39, 0.29) is 0 Å². The fourth-order valence-corrected chi connectivity index (χ4v) is 2.37. The maximum Gasteiger partial charge on any atom is 0.127 e. The monoisotopic (exact) mass is 292 g/mol. The van der Waals surface area contributed by atoms with Crippen molar-refractivity contribution < 1.29 is 0 Å². The number of aryl methyl sites for hydroxylation is 1. The highest BCUT2D eigenvalue weighted by atomic mass is 35.5. The molecule has 20 heavy (non-hydrogen) atoms. The quantitative estimate of drug-likeness (QED) is 0.889. The van der Waals surface area contributed by atoms with Gasteiger partial charge in [0.1, 0.15) is 5.82 Å². The second kappa shape index (κ2) is 6.77. The van der Waals surface area contributed by atoms with Gasteiger partial charge in [-0.25, -0.2) is 4.98 Å². The molecule has 0 spiro atoms. The van der Waals surface area contributed by atoms with E-state index < -0.39 is 0 Å². The maximum absolute atomic E-state index is 6.11. The van der Waals surface area contributed by atoms with Gasteiger partial charge in [-0.05, 0) is 30.3 Å². The lowest BCUT2D eigenvalue weighted by atomic mass is 10.1. The number of hydrogen-bond donors (Lipinski definition) is 1. The molecule has 108 valence electrons. The molecule has 0 amide bonds. The molecule has 0 unspecified atom stereocenters. The van der Waals surface area contributed by atoms with E-state index in [0.29, 0.717) is 0 Å². The second-order valence-electron chi connectivity index (χ2n) is 4.86. The Balaban J connectivity index is 2.20. The highest BCUT2D eigenvalue weighted by molar-refractivity contribution is 6.30. The van der Waals surface area contributed by atoms with Gasteiger partial charge in [-0.15, -0.1) is 0 Å². The van der Waals surface area contributed by atoms with Crippen LogP contribution in [0.5, 0.6) is 0 Å². The molecule has 5 heteroatoms. The van der Waals surface area contributed by atoms with Crippen molar-refractivity contribution in [3.05, 3.63) is 47.0 Å². The third-order valence-electron chi connectivity index (χ3n) is 3.32. The van der Waals surface area contributed by atoms with Crippen LogP contribution in [0.15, 0.2) is 30.6 Å². The first kappa shape index (κ1) is 14.9. The number of aromatic nitrogens is 2. The van der Waals surface area contributed by atoms with Crippen molar-refractivity contribution in [3.8, 4) is 0 Å². The number of nitrogens with zero attached hydrogens (tertiary/aromatic N) is 3. The van der Waals surface area contributed by atoms with Crippen molar-refractivity contribution in [3.63, 3.8) is 0 Å². The smallest absolute Gasteiger partial charge is 0.127 e. The molecule has 2 aromatic rings. The van der Waals surface area contributed by atoms with Gasteiger partial charge in [-0.3, -0.25) is 0 Å². The van der Waals surface area contributed by atoms with E-state index in [0.717, 1.165) is 30.5 Å². The predicted octanol–water partition coefficient (Wildman–Crippen LogP) is 2.82. The molecular formula is C15H21ClN4. The fraction of sp³-hybridized carbons (Fsp3) is 0.400. The normalized spacial score (nSPS) is 10.8. The molecule has 0 aliphatic heterocycles. The van der Waals surface area contributed by atoms with E-state index in [2.05, 4.69) is 35.2 Å². The van der Waals surface area contributed by atoms with Gasteiger partial charge >= 0.3 is 0 Å². The van der Waals surface area contributed by atoms with Crippen molar-refractivity contribution in [1.29, 1.82) is 0 Å². The topological polar surface area (TPSA) is 33.1 Å². The number of hydrogen-bond acceptors (Lipinski definition) is 3. The van der Waals surface area contributed by atoms with Crippen LogP contribution in [-0.4, -0.2) is 23.1 Å². The van der Waals surface area contributed by atoms with E-state index in [1.54, 1.807) is 0 Å². The van der Waals surface area contributed by atoms with E-state index in [1.165, 1.54) is 11.3 Å². The molecule has 1 aromatic carbocycles. The Labute approximate surface area is 125 Å².